The maximum atomic E-state index is 11.3. The molecule has 0 spiro atoms. The number of rotatable bonds is 10. The van der Waals surface area contributed by atoms with Gasteiger partial charge in [-0.2, -0.15) is 21.9 Å². The van der Waals surface area contributed by atoms with Gasteiger partial charge in [-0.05, 0) is 24.3 Å². The van der Waals surface area contributed by atoms with Crippen molar-refractivity contribution < 1.29 is 39.3 Å². The van der Waals surface area contributed by atoms with Crippen LogP contribution < -0.4 is 16.4 Å². The van der Waals surface area contributed by atoms with E-state index in [0.29, 0.717) is 5.69 Å². The highest BCUT2D eigenvalue weighted by molar-refractivity contribution is 7.94. The van der Waals surface area contributed by atoms with E-state index in [1.54, 1.807) is 12.1 Å². The number of hydrogen-bond donors (Lipinski definition) is 4. The molecule has 2 aromatic rings. The van der Waals surface area contributed by atoms with Crippen LogP contribution in [0.5, 0.6) is 5.75 Å². The molecule has 0 radical (unpaired) electrons. The monoisotopic (exact) mass is 480 g/mol. The maximum Gasteiger partial charge on any atom is 0.397 e. The Hall–Kier alpha value is -2.47. The van der Waals surface area contributed by atoms with Crippen LogP contribution in [-0.4, -0.2) is 38.3 Å². The van der Waals surface area contributed by atoms with Crippen molar-refractivity contribution in [3.05, 3.63) is 36.4 Å². The van der Waals surface area contributed by atoms with E-state index in [9.17, 15) is 21.4 Å². The number of anilines is 2. The maximum absolute atomic E-state index is 11.3. The van der Waals surface area contributed by atoms with Crippen LogP contribution in [0.4, 0.5) is 22.7 Å². The van der Waals surface area contributed by atoms with Gasteiger partial charge in [0.2, 0.25) is 0 Å². The van der Waals surface area contributed by atoms with Crippen molar-refractivity contribution in [3.8, 4) is 5.75 Å². The first-order chi connectivity index (χ1) is 14.0. The van der Waals surface area contributed by atoms with Crippen molar-refractivity contribution in [1.29, 1.82) is 0 Å². The Bertz CT molecular complexity index is 1140. The second kappa shape index (κ2) is 10.0. The van der Waals surface area contributed by atoms with E-state index in [0.717, 1.165) is 24.2 Å². The van der Waals surface area contributed by atoms with Gasteiger partial charge in [-0.1, -0.05) is 6.07 Å². The first-order valence-electron chi connectivity index (χ1n) is 7.72. The van der Waals surface area contributed by atoms with Crippen LogP contribution in [0.25, 0.3) is 0 Å². The zero-order chi connectivity index (χ0) is 22.4. The fourth-order valence-corrected chi connectivity index (χ4v) is 3.26. The lowest BCUT2D eigenvalue weighted by atomic mass is 10.2. The number of nitrogen functional groups attached to an aromatic ring is 2. The number of azo groups is 1. The SMILES string of the molecule is Nc1cc(N)c(S(=O)(=O)O)cc1N=Nc1cccc(OOSCCOS(=O)(=O)O)c1. The van der Waals surface area contributed by atoms with Crippen LogP contribution in [0.1, 0.15) is 0 Å². The summed E-state index contributed by atoms with van der Waals surface area (Å²) in [6, 6.07) is 8.19. The van der Waals surface area contributed by atoms with Crippen LogP contribution in [0.3, 0.4) is 0 Å². The summed E-state index contributed by atoms with van der Waals surface area (Å²) in [5, 5.41) is 7.75. The van der Waals surface area contributed by atoms with E-state index >= 15 is 0 Å². The molecule has 0 aliphatic rings. The van der Waals surface area contributed by atoms with Gasteiger partial charge in [-0.15, -0.1) is 9.45 Å². The van der Waals surface area contributed by atoms with Crippen molar-refractivity contribution in [2.45, 2.75) is 4.90 Å². The van der Waals surface area contributed by atoms with Gasteiger partial charge in [0.1, 0.15) is 10.6 Å². The third-order valence-corrected chi connectivity index (χ3v) is 4.98. The van der Waals surface area contributed by atoms with E-state index in [1.807, 2.05) is 0 Å². The van der Waals surface area contributed by atoms with Crippen molar-refractivity contribution in [1.82, 2.24) is 0 Å². The second-order valence-electron chi connectivity index (χ2n) is 5.34. The molecule has 0 atom stereocenters. The average Bonchev–Trinajstić information content (AvgIpc) is 2.62. The first kappa shape index (κ1) is 23.8. The van der Waals surface area contributed by atoms with Crippen molar-refractivity contribution in [2.75, 3.05) is 23.8 Å². The van der Waals surface area contributed by atoms with Gasteiger partial charge in [0, 0.05) is 23.9 Å². The summed E-state index contributed by atoms with van der Waals surface area (Å²) in [7, 11) is -9.08. The third-order valence-electron chi connectivity index (χ3n) is 3.11. The fraction of sp³-hybridized carbons (Fsp3) is 0.143. The molecule has 13 nitrogen and oxygen atoms in total. The Morgan fingerprint density at radius 2 is 1.73 bits per heavy atom. The number of nitrogens with two attached hydrogens (primary N) is 2. The minimum Gasteiger partial charge on any atom is -0.398 e. The average molecular weight is 481 g/mol. The second-order valence-corrected chi connectivity index (χ2v) is 8.61. The van der Waals surface area contributed by atoms with E-state index in [2.05, 4.69) is 14.4 Å². The third kappa shape index (κ3) is 7.75. The highest BCUT2D eigenvalue weighted by Crippen LogP contribution is 2.32. The molecule has 0 bridgehead atoms. The van der Waals surface area contributed by atoms with E-state index in [4.69, 9.17) is 25.2 Å². The zero-order valence-corrected chi connectivity index (χ0v) is 17.4. The van der Waals surface area contributed by atoms with Crippen LogP contribution in [0.15, 0.2) is 51.5 Å². The highest BCUT2D eigenvalue weighted by Gasteiger charge is 2.16. The highest BCUT2D eigenvalue weighted by atomic mass is 32.3. The molecule has 0 saturated carbocycles. The summed E-state index contributed by atoms with van der Waals surface area (Å²) >= 11 is 0.726. The van der Waals surface area contributed by atoms with Gasteiger partial charge in [0.25, 0.3) is 10.1 Å². The molecule has 0 aliphatic heterocycles. The summed E-state index contributed by atoms with van der Waals surface area (Å²) in [6.45, 7) is -0.324. The Labute approximate surface area is 175 Å². The van der Waals surface area contributed by atoms with Gasteiger partial charge in [0.15, 0.2) is 5.75 Å². The van der Waals surface area contributed by atoms with Crippen molar-refractivity contribution in [2.24, 2.45) is 10.2 Å². The first-order valence-corrected chi connectivity index (χ1v) is 11.4. The van der Waals surface area contributed by atoms with Crippen molar-refractivity contribution in [3.63, 3.8) is 0 Å². The molecule has 16 heteroatoms. The topological polar surface area (TPSA) is 213 Å². The molecule has 2 rings (SSSR count). The van der Waals surface area contributed by atoms with Gasteiger partial charge in [-0.3, -0.25) is 9.11 Å². The lowest BCUT2D eigenvalue weighted by molar-refractivity contribution is -0.0777. The number of hydrogen-bond acceptors (Lipinski definition) is 12. The molecule has 0 unspecified atom stereocenters. The molecule has 0 fully saturated rings. The summed E-state index contributed by atoms with van der Waals surface area (Å²) in [5.74, 6) is 0.268. The largest absolute Gasteiger partial charge is 0.398 e. The van der Waals surface area contributed by atoms with E-state index in [1.165, 1.54) is 12.1 Å². The Balaban J connectivity index is 2.01. The lowest BCUT2D eigenvalue weighted by Gasteiger charge is -2.06. The summed E-state index contributed by atoms with van der Waals surface area (Å²) < 4.78 is 69.9. The van der Waals surface area contributed by atoms with Gasteiger partial charge in [0.05, 0.1) is 23.7 Å². The zero-order valence-electron chi connectivity index (χ0n) is 14.9. The predicted molar refractivity (Wildman–Crippen MR) is 107 cm³/mol. The van der Waals surface area contributed by atoms with Gasteiger partial charge >= 0.3 is 10.4 Å². The van der Waals surface area contributed by atoms with Gasteiger partial charge < -0.3 is 16.4 Å². The molecule has 0 saturated heterocycles. The fourth-order valence-electron chi connectivity index (χ4n) is 1.89. The normalized spacial score (nSPS) is 12.3. The summed E-state index contributed by atoms with van der Waals surface area (Å²) in [4.78, 5) is 4.42. The van der Waals surface area contributed by atoms with Crippen molar-refractivity contribution >= 4 is 55.3 Å². The molecule has 0 amide bonds. The molecule has 0 aliphatic carbocycles. The summed E-state index contributed by atoms with van der Waals surface area (Å²) in [6.07, 6.45) is 0. The Kier molecular flexibility index (Phi) is 7.96. The number of nitrogens with zero attached hydrogens (tertiary/aromatic N) is 2. The Morgan fingerprint density at radius 3 is 2.40 bits per heavy atom. The minimum absolute atomic E-state index is 0.0335. The molecular formula is C14H16N4O9S3. The lowest BCUT2D eigenvalue weighted by Crippen LogP contribution is -2.06. The quantitative estimate of drug-likeness (QED) is 0.0733. The van der Waals surface area contributed by atoms with Crippen LogP contribution >= 0.6 is 12.0 Å². The molecule has 0 heterocycles. The molecule has 30 heavy (non-hydrogen) atoms. The molecule has 6 N–H and O–H groups in total. The molecule has 2 aromatic carbocycles. The standard InChI is InChI=1S/C14H16N4O9S3/c15-11-7-12(16)14(29(19,20)21)8-13(11)18-17-9-2-1-3-10(6-9)26-27-28-5-4-25-30(22,23)24/h1-3,6-8H,4-5,15-16H2,(H,19,20,21)(H,22,23,24). The van der Waals surface area contributed by atoms with E-state index in [-0.39, 0.29) is 35.2 Å². The van der Waals surface area contributed by atoms with Crippen LogP contribution in [0.2, 0.25) is 0 Å². The van der Waals surface area contributed by atoms with E-state index < -0.39 is 25.4 Å². The Morgan fingerprint density at radius 1 is 1.00 bits per heavy atom. The predicted octanol–water partition coefficient (Wildman–Crippen LogP) is 2.29. The molecular weight excluding hydrogens is 464 g/mol. The molecule has 164 valence electrons. The minimum atomic E-state index is -4.56. The van der Waals surface area contributed by atoms with Crippen LogP contribution in [0, 0.1) is 0 Å². The number of benzene rings is 2. The molecule has 0 aromatic heterocycles. The smallest absolute Gasteiger partial charge is 0.397 e. The summed E-state index contributed by atoms with van der Waals surface area (Å²) in [5.41, 5.74) is 11.3. The van der Waals surface area contributed by atoms with Crippen LogP contribution in [-0.2, 0) is 29.0 Å². The van der Waals surface area contributed by atoms with Gasteiger partial charge in [-0.25, -0.2) is 4.18 Å².